The first-order valence-electron chi connectivity index (χ1n) is 9.36. The Bertz CT molecular complexity index is 848. The van der Waals surface area contributed by atoms with Crippen LogP contribution in [-0.4, -0.2) is 37.2 Å². The summed E-state index contributed by atoms with van der Waals surface area (Å²) in [5.74, 6) is 0.425. The summed E-state index contributed by atoms with van der Waals surface area (Å²) < 4.78 is 10.6. The van der Waals surface area contributed by atoms with E-state index < -0.39 is 6.03 Å². The molecule has 0 radical (unpaired) electrons. The molecular weight excluding hydrogens is 356 g/mol. The first kappa shape index (κ1) is 21.3. The average Bonchev–Trinajstić information content (AvgIpc) is 2.66. The molecule has 0 heterocycles. The van der Waals surface area contributed by atoms with E-state index in [1.165, 1.54) is 0 Å². The fraction of sp³-hybridized carbons (Fsp3) is 0.364. The average molecular weight is 384 g/mol. The molecule has 6 nitrogen and oxygen atoms in total. The van der Waals surface area contributed by atoms with Crippen molar-refractivity contribution in [2.24, 2.45) is 5.73 Å². The number of nitrogens with two attached hydrogens (primary N) is 1. The van der Waals surface area contributed by atoms with Gasteiger partial charge in [-0.25, -0.2) is 4.79 Å². The highest BCUT2D eigenvalue weighted by molar-refractivity contribution is 5.78. The van der Waals surface area contributed by atoms with Crippen LogP contribution in [-0.2, 0) is 22.5 Å². The molecule has 0 spiro atoms. The van der Waals surface area contributed by atoms with Gasteiger partial charge in [0, 0.05) is 18.7 Å². The fourth-order valence-electron chi connectivity index (χ4n) is 3.12. The summed E-state index contributed by atoms with van der Waals surface area (Å²) >= 11 is 0. The van der Waals surface area contributed by atoms with Crippen molar-refractivity contribution in [1.29, 1.82) is 0 Å². The SMILES string of the molecule is CCOC(=O)Cc1ccc(OC)c(-c2ccc(C)cc2CN(CC)C(N)=O)c1. The van der Waals surface area contributed by atoms with Crippen LogP contribution in [0, 0.1) is 6.92 Å². The molecule has 2 amide bonds. The van der Waals surface area contributed by atoms with Gasteiger partial charge in [-0.05, 0) is 49.6 Å². The van der Waals surface area contributed by atoms with Gasteiger partial charge in [0.15, 0.2) is 0 Å². The van der Waals surface area contributed by atoms with Gasteiger partial charge in [0.05, 0.1) is 20.1 Å². The normalized spacial score (nSPS) is 10.4. The highest BCUT2D eigenvalue weighted by Gasteiger charge is 2.16. The first-order valence-corrected chi connectivity index (χ1v) is 9.36. The van der Waals surface area contributed by atoms with E-state index in [9.17, 15) is 9.59 Å². The minimum atomic E-state index is -0.460. The zero-order chi connectivity index (χ0) is 20.7. The summed E-state index contributed by atoms with van der Waals surface area (Å²) in [6.07, 6.45) is 0.189. The Morgan fingerprint density at radius 1 is 1.07 bits per heavy atom. The van der Waals surface area contributed by atoms with Gasteiger partial charge in [-0.15, -0.1) is 0 Å². The number of nitrogens with zero attached hydrogens (tertiary/aromatic N) is 1. The molecule has 0 unspecified atom stereocenters. The molecule has 2 aromatic rings. The van der Waals surface area contributed by atoms with Crippen LogP contribution in [0.4, 0.5) is 4.79 Å². The van der Waals surface area contributed by atoms with Gasteiger partial charge in [-0.2, -0.15) is 0 Å². The lowest BCUT2D eigenvalue weighted by Crippen LogP contribution is -2.35. The summed E-state index contributed by atoms with van der Waals surface area (Å²) in [6, 6.07) is 11.2. The van der Waals surface area contributed by atoms with Crippen LogP contribution in [0.25, 0.3) is 11.1 Å². The molecule has 0 atom stereocenters. The zero-order valence-corrected chi connectivity index (χ0v) is 17.0. The van der Waals surface area contributed by atoms with Crippen LogP contribution in [0.5, 0.6) is 5.75 Å². The number of methoxy groups -OCH3 is 1. The lowest BCUT2D eigenvalue weighted by Gasteiger charge is -2.21. The van der Waals surface area contributed by atoms with E-state index in [0.717, 1.165) is 27.8 Å². The molecular formula is C22H28N2O4. The van der Waals surface area contributed by atoms with Gasteiger partial charge in [0.25, 0.3) is 0 Å². The molecule has 0 saturated carbocycles. The first-order chi connectivity index (χ1) is 13.4. The standard InChI is InChI=1S/C22H28N2O4/c1-5-24(22(23)26)14-17-11-15(3)7-9-18(17)19-12-16(8-10-20(19)27-4)13-21(25)28-6-2/h7-12H,5-6,13-14H2,1-4H3,(H2,23,26). The van der Waals surface area contributed by atoms with E-state index in [-0.39, 0.29) is 12.4 Å². The van der Waals surface area contributed by atoms with E-state index in [2.05, 4.69) is 0 Å². The van der Waals surface area contributed by atoms with Crippen molar-refractivity contribution in [3.63, 3.8) is 0 Å². The fourth-order valence-corrected chi connectivity index (χ4v) is 3.12. The highest BCUT2D eigenvalue weighted by atomic mass is 16.5. The summed E-state index contributed by atoms with van der Waals surface area (Å²) in [6.45, 7) is 6.94. The van der Waals surface area contributed by atoms with Crippen LogP contribution >= 0.6 is 0 Å². The van der Waals surface area contributed by atoms with Gasteiger partial charge in [0.2, 0.25) is 0 Å². The summed E-state index contributed by atoms with van der Waals surface area (Å²) in [4.78, 5) is 25.2. The maximum absolute atomic E-state index is 11.9. The van der Waals surface area contributed by atoms with Gasteiger partial charge in [-0.1, -0.05) is 29.8 Å². The van der Waals surface area contributed by atoms with E-state index in [4.69, 9.17) is 15.2 Å². The number of amides is 2. The Kier molecular flexibility index (Phi) is 7.44. The maximum Gasteiger partial charge on any atom is 0.315 e. The molecule has 150 valence electrons. The van der Waals surface area contributed by atoms with E-state index in [1.807, 2.05) is 50.2 Å². The predicted molar refractivity (Wildman–Crippen MR) is 109 cm³/mol. The molecule has 0 fully saturated rings. The van der Waals surface area contributed by atoms with E-state index >= 15 is 0 Å². The van der Waals surface area contributed by atoms with Crippen molar-refractivity contribution in [3.8, 4) is 16.9 Å². The smallest absolute Gasteiger partial charge is 0.315 e. The van der Waals surface area contributed by atoms with Crippen molar-refractivity contribution in [2.75, 3.05) is 20.3 Å². The second-order valence-electron chi connectivity index (χ2n) is 6.53. The Balaban J connectivity index is 2.50. The summed E-state index contributed by atoms with van der Waals surface area (Å²) in [5.41, 5.74) is 10.2. The lowest BCUT2D eigenvalue weighted by atomic mass is 9.94. The van der Waals surface area contributed by atoms with Crippen LogP contribution in [0.2, 0.25) is 0 Å². The maximum atomic E-state index is 11.9. The van der Waals surface area contributed by atoms with Crippen LogP contribution < -0.4 is 10.5 Å². The molecule has 2 N–H and O–H groups in total. The minimum Gasteiger partial charge on any atom is -0.496 e. The molecule has 6 heteroatoms. The van der Waals surface area contributed by atoms with Gasteiger partial charge < -0.3 is 20.1 Å². The van der Waals surface area contributed by atoms with Gasteiger partial charge in [-0.3, -0.25) is 4.79 Å². The Hall–Kier alpha value is -3.02. The molecule has 0 saturated heterocycles. The number of carbonyl (C=O) groups excluding carboxylic acids is 2. The van der Waals surface area contributed by atoms with Crippen LogP contribution in [0.15, 0.2) is 36.4 Å². The largest absolute Gasteiger partial charge is 0.496 e. The highest BCUT2D eigenvalue weighted by Crippen LogP contribution is 2.34. The Morgan fingerprint density at radius 3 is 2.43 bits per heavy atom. The molecule has 0 aliphatic carbocycles. The quantitative estimate of drug-likeness (QED) is 0.704. The van der Waals surface area contributed by atoms with Crippen molar-refractivity contribution >= 4 is 12.0 Å². The lowest BCUT2D eigenvalue weighted by molar-refractivity contribution is -0.142. The molecule has 0 aromatic heterocycles. The third-order valence-electron chi connectivity index (χ3n) is 4.52. The number of carbonyl (C=O) groups is 2. The second kappa shape index (κ2) is 9.78. The number of esters is 1. The van der Waals surface area contributed by atoms with Crippen molar-refractivity contribution in [3.05, 3.63) is 53.1 Å². The summed E-state index contributed by atoms with van der Waals surface area (Å²) in [7, 11) is 1.61. The molecule has 0 aliphatic heterocycles. The number of hydrogen-bond donors (Lipinski definition) is 1. The third kappa shape index (κ3) is 5.25. The van der Waals surface area contributed by atoms with E-state index in [1.54, 1.807) is 18.9 Å². The number of urea groups is 1. The van der Waals surface area contributed by atoms with Crippen LogP contribution in [0.1, 0.15) is 30.5 Å². The Labute approximate surface area is 166 Å². The molecule has 28 heavy (non-hydrogen) atoms. The Morgan fingerprint density at radius 2 is 1.82 bits per heavy atom. The number of ether oxygens (including phenoxy) is 2. The topological polar surface area (TPSA) is 81.9 Å². The predicted octanol–water partition coefficient (Wildman–Crippen LogP) is 3.68. The second-order valence-corrected chi connectivity index (χ2v) is 6.53. The number of benzene rings is 2. The van der Waals surface area contributed by atoms with Crippen LogP contribution in [0.3, 0.4) is 0 Å². The molecule has 0 bridgehead atoms. The number of hydrogen-bond acceptors (Lipinski definition) is 4. The molecule has 2 rings (SSSR count). The van der Waals surface area contributed by atoms with Gasteiger partial charge >= 0.3 is 12.0 Å². The number of primary amides is 1. The monoisotopic (exact) mass is 384 g/mol. The molecule has 2 aromatic carbocycles. The molecule has 0 aliphatic rings. The summed E-state index contributed by atoms with van der Waals surface area (Å²) in [5, 5.41) is 0. The van der Waals surface area contributed by atoms with Crippen molar-refractivity contribution < 1.29 is 19.1 Å². The minimum absolute atomic E-state index is 0.189. The van der Waals surface area contributed by atoms with Gasteiger partial charge in [0.1, 0.15) is 5.75 Å². The number of aryl methyl sites for hydroxylation is 1. The van der Waals surface area contributed by atoms with E-state index in [0.29, 0.717) is 25.4 Å². The zero-order valence-electron chi connectivity index (χ0n) is 17.0. The van der Waals surface area contributed by atoms with Crippen molar-refractivity contribution in [1.82, 2.24) is 4.90 Å². The third-order valence-corrected chi connectivity index (χ3v) is 4.52. The number of rotatable bonds is 8. The van der Waals surface area contributed by atoms with Crippen molar-refractivity contribution in [2.45, 2.75) is 33.7 Å².